The topological polar surface area (TPSA) is 112 Å². The van der Waals surface area contributed by atoms with Crippen LogP contribution in [0.25, 0.3) is 11.1 Å². The molecule has 6 rings (SSSR count). The number of carbonyl (C=O) groups excluding carboxylic acids is 1. The van der Waals surface area contributed by atoms with Gasteiger partial charge < -0.3 is 20.9 Å². The maximum atomic E-state index is 13.1. The summed E-state index contributed by atoms with van der Waals surface area (Å²) in [4.78, 5) is 28.6. The Morgan fingerprint density at radius 2 is 1.97 bits per heavy atom. The fourth-order valence-electron chi connectivity index (χ4n) is 4.71. The molecule has 1 fully saturated rings. The summed E-state index contributed by atoms with van der Waals surface area (Å²) in [6, 6.07) is 7.94. The number of rotatable bonds is 5. The molecule has 4 aromatic heterocycles. The lowest BCUT2D eigenvalue weighted by atomic mass is 9.97. The van der Waals surface area contributed by atoms with Gasteiger partial charge in [-0.15, -0.1) is 0 Å². The van der Waals surface area contributed by atoms with Crippen LogP contribution in [0.2, 0.25) is 0 Å². The molecule has 0 bridgehead atoms. The van der Waals surface area contributed by atoms with E-state index in [1.807, 2.05) is 36.7 Å². The van der Waals surface area contributed by atoms with E-state index in [1.54, 1.807) is 23.1 Å². The van der Waals surface area contributed by atoms with Gasteiger partial charge in [-0.05, 0) is 68.4 Å². The lowest BCUT2D eigenvalue weighted by Gasteiger charge is -2.29. The van der Waals surface area contributed by atoms with E-state index in [1.165, 1.54) is 0 Å². The molecule has 10 heteroatoms. The predicted octanol–water partition coefficient (Wildman–Crippen LogP) is 2.94. The molecular formula is C26H27N9O. The van der Waals surface area contributed by atoms with Gasteiger partial charge in [-0.1, -0.05) is 6.08 Å². The van der Waals surface area contributed by atoms with Crippen LogP contribution in [0.3, 0.4) is 0 Å². The SMILES string of the molecule is CN1CCC(NC(=O)c2cnn3ccc(C4=CCNc5nc(Nc6ccncc6)ncc54)cc23)CC1. The molecule has 0 unspecified atom stereocenters. The molecule has 4 aromatic rings. The second kappa shape index (κ2) is 9.38. The molecule has 0 aliphatic carbocycles. The molecule has 1 amide bonds. The van der Waals surface area contributed by atoms with E-state index < -0.39 is 0 Å². The third kappa shape index (κ3) is 4.38. The maximum Gasteiger partial charge on any atom is 0.255 e. The van der Waals surface area contributed by atoms with Crippen LogP contribution in [0.4, 0.5) is 17.5 Å². The van der Waals surface area contributed by atoms with Crippen molar-refractivity contribution in [2.24, 2.45) is 0 Å². The number of fused-ring (bicyclic) bond motifs is 2. The van der Waals surface area contributed by atoms with E-state index in [4.69, 9.17) is 0 Å². The van der Waals surface area contributed by atoms with Crippen LogP contribution in [-0.2, 0) is 0 Å². The smallest absolute Gasteiger partial charge is 0.255 e. The van der Waals surface area contributed by atoms with E-state index >= 15 is 0 Å². The Balaban J connectivity index is 1.26. The van der Waals surface area contributed by atoms with Gasteiger partial charge in [0.1, 0.15) is 5.82 Å². The Bertz CT molecular complexity index is 1440. The van der Waals surface area contributed by atoms with Gasteiger partial charge in [-0.25, -0.2) is 9.50 Å². The van der Waals surface area contributed by atoms with E-state index in [-0.39, 0.29) is 11.9 Å². The van der Waals surface area contributed by atoms with Gasteiger partial charge in [0.15, 0.2) is 0 Å². The lowest BCUT2D eigenvalue weighted by Crippen LogP contribution is -2.43. The van der Waals surface area contributed by atoms with Crippen LogP contribution < -0.4 is 16.0 Å². The fraction of sp³-hybridized carbons (Fsp3) is 0.269. The number of nitrogens with zero attached hydrogens (tertiary/aromatic N) is 6. The molecule has 6 heterocycles. The Morgan fingerprint density at radius 1 is 1.14 bits per heavy atom. The van der Waals surface area contributed by atoms with Gasteiger partial charge >= 0.3 is 0 Å². The fourth-order valence-corrected chi connectivity index (χ4v) is 4.71. The zero-order valence-corrected chi connectivity index (χ0v) is 20.0. The first-order valence-corrected chi connectivity index (χ1v) is 12.1. The minimum Gasteiger partial charge on any atom is -0.366 e. The molecule has 0 aromatic carbocycles. The first-order valence-electron chi connectivity index (χ1n) is 12.1. The van der Waals surface area contributed by atoms with Crippen LogP contribution in [0, 0.1) is 0 Å². The highest BCUT2D eigenvalue weighted by Gasteiger charge is 2.22. The normalized spacial score (nSPS) is 16.2. The summed E-state index contributed by atoms with van der Waals surface area (Å²) in [7, 11) is 2.11. The Hall–Kier alpha value is -4.31. The third-order valence-corrected chi connectivity index (χ3v) is 6.72. The van der Waals surface area contributed by atoms with Crippen LogP contribution in [-0.4, -0.2) is 68.1 Å². The number of piperidine rings is 1. The van der Waals surface area contributed by atoms with Crippen molar-refractivity contribution >= 4 is 34.5 Å². The van der Waals surface area contributed by atoms with Gasteiger partial charge in [0.25, 0.3) is 5.91 Å². The number of hydrogen-bond acceptors (Lipinski definition) is 8. The second-order valence-electron chi connectivity index (χ2n) is 9.17. The van der Waals surface area contributed by atoms with Gasteiger partial charge in [0.05, 0.1) is 17.3 Å². The molecule has 36 heavy (non-hydrogen) atoms. The minimum absolute atomic E-state index is 0.0773. The third-order valence-electron chi connectivity index (χ3n) is 6.72. The predicted molar refractivity (Wildman–Crippen MR) is 138 cm³/mol. The zero-order valence-electron chi connectivity index (χ0n) is 20.0. The number of pyridine rings is 2. The number of carbonyl (C=O) groups is 1. The van der Waals surface area contributed by atoms with Crippen LogP contribution >= 0.6 is 0 Å². The van der Waals surface area contributed by atoms with Gasteiger partial charge in [-0.3, -0.25) is 9.78 Å². The van der Waals surface area contributed by atoms with E-state index in [0.717, 1.165) is 59.7 Å². The summed E-state index contributed by atoms with van der Waals surface area (Å²) in [5, 5.41) is 14.1. The summed E-state index contributed by atoms with van der Waals surface area (Å²) < 4.78 is 1.74. The van der Waals surface area contributed by atoms with Crippen LogP contribution in [0.15, 0.2) is 61.3 Å². The molecule has 0 radical (unpaired) electrons. The number of likely N-dealkylation sites (tertiary alicyclic amines) is 1. The standard InChI is InChI=1S/C26H27N9O/c1-34-11-6-19(7-12-34)31-25(36)22-16-30-35-13-5-17(14-23(22)35)20-4-10-28-24-21(20)15-29-26(33-24)32-18-2-8-27-9-3-18/h2-5,8-9,13-16,19H,6-7,10-12H2,1H3,(H,31,36)(H2,27,28,29,32,33). The number of aromatic nitrogens is 5. The molecule has 182 valence electrons. The summed E-state index contributed by atoms with van der Waals surface area (Å²) in [5.41, 5.74) is 5.13. The molecule has 0 atom stereocenters. The average Bonchev–Trinajstić information content (AvgIpc) is 3.34. The maximum absolute atomic E-state index is 13.1. The molecule has 3 N–H and O–H groups in total. The van der Waals surface area contributed by atoms with Crippen molar-refractivity contribution in [1.82, 2.24) is 34.8 Å². The Labute approximate surface area is 208 Å². The molecular weight excluding hydrogens is 454 g/mol. The van der Waals surface area contributed by atoms with Crippen LogP contribution in [0.5, 0.6) is 0 Å². The lowest BCUT2D eigenvalue weighted by molar-refractivity contribution is 0.0918. The van der Waals surface area contributed by atoms with Crippen molar-refractivity contribution in [3.05, 3.63) is 78.0 Å². The average molecular weight is 482 g/mol. The summed E-state index contributed by atoms with van der Waals surface area (Å²) >= 11 is 0. The van der Waals surface area contributed by atoms with Crippen molar-refractivity contribution in [2.75, 3.05) is 37.3 Å². The quantitative estimate of drug-likeness (QED) is 0.399. The Morgan fingerprint density at radius 3 is 2.81 bits per heavy atom. The van der Waals surface area contributed by atoms with E-state index in [0.29, 0.717) is 18.1 Å². The monoisotopic (exact) mass is 481 g/mol. The summed E-state index contributed by atoms with van der Waals surface area (Å²) in [5.74, 6) is 1.19. The van der Waals surface area contributed by atoms with Crippen molar-refractivity contribution < 1.29 is 4.79 Å². The zero-order chi connectivity index (χ0) is 24.5. The van der Waals surface area contributed by atoms with Gasteiger partial charge in [-0.2, -0.15) is 10.1 Å². The molecule has 2 aliphatic heterocycles. The number of amides is 1. The Kier molecular flexibility index (Phi) is 5.78. The highest BCUT2D eigenvalue weighted by molar-refractivity contribution is 6.01. The minimum atomic E-state index is -0.0773. The second-order valence-corrected chi connectivity index (χ2v) is 9.17. The number of hydrogen-bond donors (Lipinski definition) is 3. The summed E-state index contributed by atoms with van der Waals surface area (Å²) in [6.07, 6.45) is 12.8. The van der Waals surface area contributed by atoms with Crippen molar-refractivity contribution in [2.45, 2.75) is 18.9 Å². The molecule has 10 nitrogen and oxygen atoms in total. The van der Waals surface area contributed by atoms with Crippen molar-refractivity contribution in [1.29, 1.82) is 0 Å². The first-order chi connectivity index (χ1) is 17.6. The van der Waals surface area contributed by atoms with Gasteiger partial charge in [0, 0.05) is 48.6 Å². The van der Waals surface area contributed by atoms with E-state index in [9.17, 15) is 4.79 Å². The number of nitrogens with one attached hydrogen (secondary N) is 3. The number of anilines is 3. The molecule has 0 spiro atoms. The highest BCUT2D eigenvalue weighted by atomic mass is 16.1. The molecule has 2 aliphatic rings. The van der Waals surface area contributed by atoms with Crippen LogP contribution in [0.1, 0.15) is 34.3 Å². The first kappa shape index (κ1) is 22.2. The largest absolute Gasteiger partial charge is 0.366 e. The molecule has 0 saturated carbocycles. The molecule has 1 saturated heterocycles. The van der Waals surface area contributed by atoms with Crippen molar-refractivity contribution in [3.63, 3.8) is 0 Å². The van der Waals surface area contributed by atoms with E-state index in [2.05, 4.69) is 54.0 Å². The van der Waals surface area contributed by atoms with Crippen molar-refractivity contribution in [3.8, 4) is 0 Å². The summed E-state index contributed by atoms with van der Waals surface area (Å²) in [6.45, 7) is 2.63. The van der Waals surface area contributed by atoms with Gasteiger partial charge in [0.2, 0.25) is 5.95 Å². The highest BCUT2D eigenvalue weighted by Crippen LogP contribution is 2.32.